The molecule has 3 heterocycles. The lowest BCUT2D eigenvalue weighted by molar-refractivity contribution is 0.0993. The van der Waals surface area contributed by atoms with Gasteiger partial charge in [-0.1, -0.05) is 0 Å². The summed E-state index contributed by atoms with van der Waals surface area (Å²) in [5.41, 5.74) is 10.0. The molecule has 0 saturated heterocycles. The molecule has 0 radical (unpaired) electrons. The number of nitrogens with zero attached hydrogens (tertiary/aromatic N) is 3. The van der Waals surface area contributed by atoms with Crippen LogP contribution in [0.4, 0.5) is 0 Å². The lowest BCUT2D eigenvalue weighted by Crippen LogP contribution is -2.29. The number of carbonyl (C=O) groups excluding carboxylic acids is 1. The quantitative estimate of drug-likeness (QED) is 0.664. The molecule has 0 spiro atoms. The number of hydrogen-bond donors (Lipinski definition) is 2. The van der Waals surface area contributed by atoms with Crippen molar-refractivity contribution >= 4 is 16.9 Å². The van der Waals surface area contributed by atoms with Crippen molar-refractivity contribution < 1.29 is 14.3 Å². The number of nitrogens with two attached hydrogens (primary N) is 1. The number of nitrogens with one attached hydrogen (secondary N) is 1. The van der Waals surface area contributed by atoms with E-state index in [1.54, 1.807) is 12.5 Å². The zero-order chi connectivity index (χ0) is 20.5. The summed E-state index contributed by atoms with van der Waals surface area (Å²) in [4.78, 5) is 26.2. The van der Waals surface area contributed by atoms with Crippen LogP contribution in [0.1, 0.15) is 29.3 Å². The number of aromatic amines is 1. The number of fused-ring (bicyclic) bond motifs is 2. The van der Waals surface area contributed by atoms with Crippen LogP contribution in [-0.4, -0.2) is 59.1 Å². The summed E-state index contributed by atoms with van der Waals surface area (Å²) in [5, 5.41) is 0. The molecule has 3 N–H and O–H groups in total. The monoisotopic (exact) mass is 395 g/mol. The van der Waals surface area contributed by atoms with E-state index in [1.807, 2.05) is 32.0 Å². The molecular formula is C21H25N5O3. The van der Waals surface area contributed by atoms with Gasteiger partial charge in [0, 0.05) is 29.4 Å². The van der Waals surface area contributed by atoms with E-state index in [0.29, 0.717) is 41.4 Å². The Hall–Kier alpha value is -3.13. The van der Waals surface area contributed by atoms with E-state index in [4.69, 9.17) is 15.2 Å². The lowest BCUT2D eigenvalue weighted by Gasteiger charge is -2.21. The van der Waals surface area contributed by atoms with Crippen molar-refractivity contribution in [2.75, 3.05) is 27.2 Å². The van der Waals surface area contributed by atoms with Crippen molar-refractivity contribution in [3.63, 3.8) is 0 Å². The number of primary amides is 1. The molecule has 152 valence electrons. The first-order chi connectivity index (χ1) is 13.9. The van der Waals surface area contributed by atoms with E-state index in [0.717, 1.165) is 29.5 Å². The molecule has 0 aliphatic carbocycles. The molecule has 3 aromatic rings. The molecule has 0 fully saturated rings. The summed E-state index contributed by atoms with van der Waals surface area (Å²) in [5.74, 6) is 0.561. The zero-order valence-electron chi connectivity index (χ0n) is 16.9. The van der Waals surface area contributed by atoms with Gasteiger partial charge in [0.2, 0.25) is 5.88 Å². The van der Waals surface area contributed by atoms with Gasteiger partial charge in [0.25, 0.3) is 5.91 Å². The first-order valence-electron chi connectivity index (χ1n) is 9.67. The average Bonchev–Trinajstić information content (AvgIpc) is 3.15. The number of aromatic nitrogens is 3. The topological polar surface area (TPSA) is 106 Å². The first kappa shape index (κ1) is 19.2. The van der Waals surface area contributed by atoms with Crippen LogP contribution in [0.15, 0.2) is 24.7 Å². The van der Waals surface area contributed by atoms with Crippen molar-refractivity contribution in [2.24, 2.45) is 5.73 Å². The number of rotatable bonds is 6. The Kier molecular flexibility index (Phi) is 5.10. The number of pyridine rings is 1. The van der Waals surface area contributed by atoms with Gasteiger partial charge in [0.1, 0.15) is 17.4 Å². The van der Waals surface area contributed by atoms with Crippen molar-refractivity contribution in [3.8, 4) is 22.8 Å². The number of aryl methyl sites for hydroxylation is 1. The Morgan fingerprint density at radius 2 is 2.21 bits per heavy atom. The molecule has 0 saturated carbocycles. The SMILES string of the molecule is CC(CN(C)C)Oc1cc(-c2cnc3c(c2)CCCO3)c2nc[nH]c2c1C(N)=O. The Morgan fingerprint density at radius 1 is 1.38 bits per heavy atom. The fourth-order valence-electron chi connectivity index (χ4n) is 3.80. The van der Waals surface area contributed by atoms with Crippen LogP contribution in [0, 0.1) is 0 Å². The minimum atomic E-state index is -0.560. The maximum Gasteiger partial charge on any atom is 0.254 e. The van der Waals surface area contributed by atoms with E-state index in [9.17, 15) is 4.79 Å². The van der Waals surface area contributed by atoms with Gasteiger partial charge < -0.3 is 25.1 Å². The molecule has 29 heavy (non-hydrogen) atoms. The number of amides is 1. The van der Waals surface area contributed by atoms with E-state index in [2.05, 4.69) is 21.0 Å². The normalized spacial score (nSPS) is 14.5. The van der Waals surface area contributed by atoms with Crippen molar-refractivity contribution in [3.05, 3.63) is 35.8 Å². The highest BCUT2D eigenvalue weighted by atomic mass is 16.5. The van der Waals surface area contributed by atoms with E-state index in [-0.39, 0.29) is 6.10 Å². The molecule has 4 rings (SSSR count). The highest BCUT2D eigenvalue weighted by Crippen LogP contribution is 2.37. The van der Waals surface area contributed by atoms with Crippen LogP contribution >= 0.6 is 0 Å². The second-order valence-electron chi connectivity index (χ2n) is 7.62. The summed E-state index contributed by atoms with van der Waals surface area (Å²) < 4.78 is 11.8. The van der Waals surface area contributed by atoms with Gasteiger partial charge in [-0.3, -0.25) is 4.79 Å². The maximum atomic E-state index is 12.2. The number of H-pyrrole nitrogens is 1. The average molecular weight is 395 g/mol. The molecule has 1 unspecified atom stereocenters. The van der Waals surface area contributed by atoms with Gasteiger partial charge >= 0.3 is 0 Å². The van der Waals surface area contributed by atoms with E-state index < -0.39 is 5.91 Å². The van der Waals surface area contributed by atoms with Crippen LogP contribution in [0.5, 0.6) is 11.6 Å². The van der Waals surface area contributed by atoms with Crippen LogP contribution in [0.25, 0.3) is 22.2 Å². The molecule has 8 heteroatoms. The molecule has 1 amide bonds. The summed E-state index contributed by atoms with van der Waals surface area (Å²) >= 11 is 0. The van der Waals surface area contributed by atoms with Gasteiger partial charge in [-0.15, -0.1) is 0 Å². The molecule has 1 aliphatic rings. The highest BCUT2D eigenvalue weighted by molar-refractivity contribution is 6.10. The predicted octanol–water partition coefficient (Wildman–Crippen LogP) is 2.38. The predicted molar refractivity (Wildman–Crippen MR) is 110 cm³/mol. The van der Waals surface area contributed by atoms with Crippen molar-refractivity contribution in [1.82, 2.24) is 19.9 Å². The van der Waals surface area contributed by atoms with Crippen LogP contribution in [0.2, 0.25) is 0 Å². The Balaban J connectivity index is 1.85. The fraction of sp³-hybridized carbons (Fsp3) is 0.381. The van der Waals surface area contributed by atoms with Gasteiger partial charge in [0.15, 0.2) is 0 Å². The second-order valence-corrected chi connectivity index (χ2v) is 7.62. The lowest BCUT2D eigenvalue weighted by atomic mass is 9.98. The second kappa shape index (κ2) is 7.71. The third kappa shape index (κ3) is 3.75. The van der Waals surface area contributed by atoms with Gasteiger partial charge in [-0.25, -0.2) is 9.97 Å². The minimum Gasteiger partial charge on any atom is -0.488 e. The molecule has 2 aromatic heterocycles. The van der Waals surface area contributed by atoms with E-state index in [1.165, 1.54) is 0 Å². The number of benzene rings is 1. The Morgan fingerprint density at radius 3 is 2.97 bits per heavy atom. The van der Waals surface area contributed by atoms with Crippen LogP contribution in [-0.2, 0) is 6.42 Å². The fourth-order valence-corrected chi connectivity index (χ4v) is 3.80. The summed E-state index contributed by atoms with van der Waals surface area (Å²) in [7, 11) is 3.94. The molecule has 1 aromatic carbocycles. The van der Waals surface area contributed by atoms with Crippen molar-refractivity contribution in [1.29, 1.82) is 0 Å². The minimum absolute atomic E-state index is 0.133. The molecule has 1 atom stereocenters. The Bertz CT molecular complexity index is 1060. The molecule has 8 nitrogen and oxygen atoms in total. The zero-order valence-corrected chi connectivity index (χ0v) is 16.9. The summed E-state index contributed by atoms with van der Waals surface area (Å²) in [6.45, 7) is 3.35. The number of carbonyl (C=O) groups is 1. The van der Waals surface area contributed by atoms with Gasteiger partial charge in [-0.2, -0.15) is 0 Å². The van der Waals surface area contributed by atoms with E-state index >= 15 is 0 Å². The highest BCUT2D eigenvalue weighted by Gasteiger charge is 2.23. The number of likely N-dealkylation sites (N-methyl/N-ethyl adjacent to an activating group) is 1. The number of hydrogen-bond acceptors (Lipinski definition) is 6. The van der Waals surface area contributed by atoms with Gasteiger partial charge in [0.05, 0.1) is 24.0 Å². The first-order valence-corrected chi connectivity index (χ1v) is 9.67. The molecular weight excluding hydrogens is 370 g/mol. The summed E-state index contributed by atoms with van der Waals surface area (Å²) in [6, 6.07) is 3.91. The molecule has 1 aliphatic heterocycles. The largest absolute Gasteiger partial charge is 0.488 e. The van der Waals surface area contributed by atoms with Crippen LogP contribution in [0.3, 0.4) is 0 Å². The third-order valence-electron chi connectivity index (χ3n) is 4.93. The van der Waals surface area contributed by atoms with Crippen LogP contribution < -0.4 is 15.2 Å². The standard InChI is InChI=1S/C21H25N5O3/c1-12(10-26(2)3)29-16-8-15(18-19(25-11-24-18)17(16)20(22)27)14-7-13-5-4-6-28-21(13)23-9-14/h7-9,11-12H,4-6,10H2,1-3H3,(H2,22,27)(H,24,25). The molecule has 0 bridgehead atoms. The van der Waals surface area contributed by atoms with Gasteiger partial charge in [-0.05, 0) is 46.0 Å². The maximum absolute atomic E-state index is 12.2. The Labute approximate surface area is 169 Å². The number of ether oxygens (including phenoxy) is 2. The summed E-state index contributed by atoms with van der Waals surface area (Å²) in [6.07, 6.45) is 5.08. The smallest absolute Gasteiger partial charge is 0.254 e. The third-order valence-corrected chi connectivity index (χ3v) is 4.93. The number of imidazole rings is 1. The van der Waals surface area contributed by atoms with Crippen molar-refractivity contribution in [2.45, 2.75) is 25.9 Å².